The molecular formula is C65H62N8O2. The fourth-order valence-electron chi connectivity index (χ4n) is 11.1. The van der Waals surface area contributed by atoms with Gasteiger partial charge in [-0.2, -0.15) is 5.10 Å². The monoisotopic (exact) mass is 986 g/mol. The first kappa shape index (κ1) is 48.6. The van der Waals surface area contributed by atoms with Crippen molar-refractivity contribution in [3.63, 3.8) is 0 Å². The number of anilines is 1. The highest BCUT2D eigenvalue weighted by Gasteiger charge is 2.43. The van der Waals surface area contributed by atoms with Gasteiger partial charge in [-0.25, -0.2) is 14.5 Å². The number of piperidine rings is 1. The Labute approximate surface area is 439 Å². The second kappa shape index (κ2) is 20.7. The van der Waals surface area contributed by atoms with Crippen molar-refractivity contribution in [3.05, 3.63) is 280 Å². The zero-order valence-electron chi connectivity index (χ0n) is 43.1. The lowest BCUT2D eigenvalue weighted by molar-refractivity contribution is 0.0204. The number of carbonyl (C=O) groups excluding carboxylic acids is 1. The molecule has 1 aliphatic rings. The van der Waals surface area contributed by atoms with Crippen molar-refractivity contribution in [3.8, 4) is 0 Å². The molecule has 1 aliphatic heterocycles. The molecule has 1 amide bonds. The van der Waals surface area contributed by atoms with E-state index in [0.29, 0.717) is 49.0 Å². The van der Waals surface area contributed by atoms with Crippen LogP contribution >= 0.6 is 0 Å². The van der Waals surface area contributed by atoms with Crippen LogP contribution in [0.1, 0.15) is 101 Å². The fourth-order valence-corrected chi connectivity index (χ4v) is 11.1. The summed E-state index contributed by atoms with van der Waals surface area (Å²) in [7, 11) is 0. The van der Waals surface area contributed by atoms with Gasteiger partial charge in [0.1, 0.15) is 28.0 Å². The summed E-state index contributed by atoms with van der Waals surface area (Å²) in [6, 6.07) is 74.6. The first-order valence-electron chi connectivity index (χ1n) is 26.1. The van der Waals surface area contributed by atoms with Gasteiger partial charge < -0.3 is 15.0 Å². The molecule has 0 unspecified atom stereocenters. The molecule has 7 aromatic carbocycles. The maximum absolute atomic E-state index is 12.8. The summed E-state index contributed by atoms with van der Waals surface area (Å²) in [6.45, 7) is 9.87. The predicted molar refractivity (Wildman–Crippen MR) is 298 cm³/mol. The first-order chi connectivity index (χ1) is 36.6. The third-order valence-corrected chi connectivity index (χ3v) is 14.8. The number of nitrogens with zero attached hydrogens (tertiary/aromatic N) is 7. The summed E-state index contributed by atoms with van der Waals surface area (Å²) >= 11 is 0. The van der Waals surface area contributed by atoms with Gasteiger partial charge in [0, 0.05) is 25.2 Å². The second-order valence-electron chi connectivity index (χ2n) is 20.7. The molecule has 0 bridgehead atoms. The second-order valence-corrected chi connectivity index (χ2v) is 20.7. The number of nitrogens with one attached hydrogen (secondary N) is 1. The highest BCUT2D eigenvalue weighted by molar-refractivity contribution is 5.79. The van der Waals surface area contributed by atoms with Crippen LogP contribution in [-0.2, 0) is 28.8 Å². The van der Waals surface area contributed by atoms with Gasteiger partial charge in [-0.15, -0.1) is 5.10 Å². The van der Waals surface area contributed by atoms with Crippen LogP contribution < -0.4 is 5.32 Å². The van der Waals surface area contributed by atoms with Crippen molar-refractivity contribution in [2.24, 2.45) is 0 Å². The van der Waals surface area contributed by atoms with Crippen LogP contribution in [0.2, 0.25) is 0 Å². The molecule has 1 fully saturated rings. The zero-order valence-corrected chi connectivity index (χ0v) is 43.1. The maximum atomic E-state index is 12.8. The molecule has 3 aromatic heterocycles. The van der Waals surface area contributed by atoms with Crippen LogP contribution in [0.3, 0.4) is 0 Å². The Hall–Kier alpha value is -8.63. The molecule has 0 aliphatic carbocycles. The van der Waals surface area contributed by atoms with Crippen LogP contribution in [0.4, 0.5) is 10.6 Å². The van der Waals surface area contributed by atoms with Gasteiger partial charge in [0.05, 0.1) is 12.7 Å². The van der Waals surface area contributed by atoms with E-state index in [1.165, 1.54) is 11.1 Å². The number of hydrogen-bond acceptors (Lipinski definition) is 7. The Kier molecular flexibility index (Phi) is 13.4. The summed E-state index contributed by atoms with van der Waals surface area (Å²) in [6.07, 6.45) is 4.07. The SMILES string of the molecule is Cc1c(Cc2cc(NC(c3ccccc3)(c3ccccc3)c3ccccc3)nc3c2nnn3C(c2ccccc2)(c2ccccc2)c2ccccc2)cnn1Cc1cccc(C2CCN(C(=O)OC(C)(C)C)CC2)c1. The molecule has 4 heterocycles. The summed E-state index contributed by atoms with van der Waals surface area (Å²) in [5.41, 5.74) is 10.8. The average Bonchev–Trinajstić information content (AvgIpc) is 4.04. The number of aromatic nitrogens is 6. The minimum atomic E-state index is -0.971. The van der Waals surface area contributed by atoms with Gasteiger partial charge in [-0.3, -0.25) is 4.68 Å². The molecule has 1 N–H and O–H groups in total. The molecule has 0 atom stereocenters. The standard InChI is InChI=1S/C65H62N8O2/c1-47-52(45-66-72(47)46-48-24-23-25-50(42-48)49-38-40-71(41-39-49)62(74)75-63(2,3)4)43-51-44-59(68-64(53-26-11-5-12-27-53,54-28-13-6-14-29-54)55-30-15-7-16-31-55)67-61-60(51)69-70-73(61)65(56-32-17-8-18-33-56,57-34-19-9-20-35-57)58-36-21-10-22-37-58/h5-37,42,44-45,49H,38-41,43,46H2,1-4H3,(H,67,68). The van der Waals surface area contributed by atoms with Crippen LogP contribution in [0, 0.1) is 6.92 Å². The molecule has 374 valence electrons. The van der Waals surface area contributed by atoms with E-state index in [1.54, 1.807) is 0 Å². The number of pyridine rings is 1. The minimum Gasteiger partial charge on any atom is -0.444 e. The quantitative estimate of drug-likeness (QED) is 0.108. The van der Waals surface area contributed by atoms with E-state index < -0.39 is 16.7 Å². The normalized spacial score (nSPS) is 13.5. The number of fused-ring (bicyclic) bond motifs is 1. The molecule has 0 radical (unpaired) electrons. The molecule has 0 spiro atoms. The number of carbonyl (C=O) groups is 1. The lowest BCUT2D eigenvalue weighted by Crippen LogP contribution is -2.41. The minimum absolute atomic E-state index is 0.233. The maximum Gasteiger partial charge on any atom is 0.410 e. The topological polar surface area (TPSA) is 103 Å². The van der Waals surface area contributed by atoms with E-state index in [1.807, 2.05) is 36.5 Å². The first-order valence-corrected chi connectivity index (χ1v) is 26.1. The average molecular weight is 987 g/mol. The predicted octanol–water partition coefficient (Wildman–Crippen LogP) is 13.3. The van der Waals surface area contributed by atoms with Crippen molar-refractivity contribution in [2.45, 2.75) is 76.1 Å². The molecule has 11 rings (SSSR count). The fraction of sp³-hybridized carbons (Fsp3) is 0.215. The third kappa shape index (κ3) is 9.60. The highest BCUT2D eigenvalue weighted by Crippen LogP contribution is 2.44. The van der Waals surface area contributed by atoms with Crippen molar-refractivity contribution in [2.75, 3.05) is 18.4 Å². The Morgan fingerprint density at radius 1 is 0.613 bits per heavy atom. The van der Waals surface area contributed by atoms with Crippen molar-refractivity contribution >= 4 is 23.1 Å². The molecule has 1 saturated heterocycles. The van der Waals surface area contributed by atoms with Gasteiger partial charge in [-0.1, -0.05) is 211 Å². The summed E-state index contributed by atoms with van der Waals surface area (Å²) in [4.78, 5) is 20.4. The Balaban J connectivity index is 1.03. The zero-order chi connectivity index (χ0) is 51.4. The molecular weight excluding hydrogens is 925 g/mol. The number of ether oxygens (including phenoxy) is 1. The Bertz CT molecular complexity index is 3320. The van der Waals surface area contributed by atoms with Gasteiger partial charge >= 0.3 is 6.09 Å². The number of likely N-dealkylation sites (tertiary alicyclic amines) is 1. The number of benzene rings is 7. The van der Waals surface area contributed by atoms with Crippen LogP contribution in [0.15, 0.2) is 219 Å². The number of rotatable bonds is 14. The van der Waals surface area contributed by atoms with Crippen molar-refractivity contribution in [1.29, 1.82) is 0 Å². The number of hydrogen-bond donors (Lipinski definition) is 1. The summed E-state index contributed by atoms with van der Waals surface area (Å²) in [5.74, 6) is 1.02. The lowest BCUT2D eigenvalue weighted by atomic mass is 9.77. The highest BCUT2D eigenvalue weighted by atomic mass is 16.6. The number of amides is 1. The van der Waals surface area contributed by atoms with E-state index in [4.69, 9.17) is 25.1 Å². The summed E-state index contributed by atoms with van der Waals surface area (Å²) in [5, 5.41) is 19.5. The van der Waals surface area contributed by atoms with E-state index in [-0.39, 0.29) is 6.09 Å². The van der Waals surface area contributed by atoms with E-state index in [9.17, 15) is 4.79 Å². The van der Waals surface area contributed by atoms with Crippen LogP contribution in [0.25, 0.3) is 11.2 Å². The van der Waals surface area contributed by atoms with Crippen LogP contribution in [-0.4, -0.2) is 59.4 Å². The molecule has 75 heavy (non-hydrogen) atoms. The van der Waals surface area contributed by atoms with E-state index in [2.05, 4.69) is 229 Å². The molecule has 10 aromatic rings. The van der Waals surface area contributed by atoms with E-state index in [0.717, 1.165) is 63.0 Å². The Morgan fingerprint density at radius 2 is 1.11 bits per heavy atom. The third-order valence-electron chi connectivity index (χ3n) is 14.8. The lowest BCUT2D eigenvalue weighted by Gasteiger charge is -2.38. The van der Waals surface area contributed by atoms with Gasteiger partial charge in [-0.05, 0) is 108 Å². The largest absolute Gasteiger partial charge is 0.444 e. The van der Waals surface area contributed by atoms with Crippen LogP contribution in [0.5, 0.6) is 0 Å². The van der Waals surface area contributed by atoms with E-state index >= 15 is 0 Å². The Morgan fingerprint density at radius 3 is 1.60 bits per heavy atom. The van der Waals surface area contributed by atoms with Gasteiger partial charge in [0.25, 0.3) is 0 Å². The van der Waals surface area contributed by atoms with Crippen molar-refractivity contribution in [1.82, 2.24) is 34.7 Å². The molecule has 0 saturated carbocycles. The van der Waals surface area contributed by atoms with Gasteiger partial charge in [0.15, 0.2) is 5.65 Å². The summed E-state index contributed by atoms with van der Waals surface area (Å²) < 4.78 is 9.82. The van der Waals surface area contributed by atoms with Gasteiger partial charge in [0.2, 0.25) is 0 Å². The smallest absolute Gasteiger partial charge is 0.410 e. The molecule has 10 heteroatoms. The van der Waals surface area contributed by atoms with Crippen molar-refractivity contribution < 1.29 is 9.53 Å². The molecule has 10 nitrogen and oxygen atoms in total.